The quantitative estimate of drug-likeness (QED) is 0.465. The Morgan fingerprint density at radius 1 is 1.28 bits per heavy atom. The van der Waals surface area contributed by atoms with E-state index in [1.54, 1.807) is 25.3 Å². The highest BCUT2D eigenvalue weighted by Gasteiger charge is 2.26. The number of aromatic nitrogens is 1. The van der Waals surface area contributed by atoms with Crippen LogP contribution in [0.15, 0.2) is 46.1 Å². The second kappa shape index (κ2) is 10.3. The monoisotopic (exact) mass is 400 g/mol. The number of pyridine rings is 1. The van der Waals surface area contributed by atoms with Crippen molar-refractivity contribution in [1.82, 2.24) is 15.6 Å². The van der Waals surface area contributed by atoms with E-state index in [0.29, 0.717) is 30.2 Å². The zero-order valence-corrected chi connectivity index (χ0v) is 17.4. The molecule has 3 rings (SSSR count). The number of ether oxygens (including phenoxy) is 1. The van der Waals surface area contributed by atoms with Gasteiger partial charge in [-0.15, -0.1) is 0 Å². The maximum absolute atomic E-state index is 10.6. The lowest BCUT2D eigenvalue weighted by Gasteiger charge is -2.23. The molecule has 0 amide bonds. The van der Waals surface area contributed by atoms with Gasteiger partial charge in [0.05, 0.1) is 19.4 Å². The summed E-state index contributed by atoms with van der Waals surface area (Å²) in [6.45, 7) is 5.19. The van der Waals surface area contributed by atoms with Crippen molar-refractivity contribution in [3.8, 4) is 5.88 Å². The Bertz CT molecular complexity index is 751. The smallest absolute Gasteiger partial charge is 0.213 e. The Balaban J connectivity index is 1.53. The lowest BCUT2D eigenvalue weighted by Crippen LogP contribution is -2.44. The molecular formula is C22H32N4O3. The van der Waals surface area contributed by atoms with Crippen molar-refractivity contribution in [2.75, 3.05) is 13.1 Å². The highest BCUT2D eigenvalue weighted by molar-refractivity contribution is 5.79. The van der Waals surface area contributed by atoms with Gasteiger partial charge in [0, 0.05) is 18.8 Å². The first-order valence-electron chi connectivity index (χ1n) is 10.5. The predicted octanol–water partition coefficient (Wildman–Crippen LogP) is 3.35. The van der Waals surface area contributed by atoms with Crippen molar-refractivity contribution in [2.45, 2.75) is 64.2 Å². The molecule has 1 saturated carbocycles. The summed E-state index contributed by atoms with van der Waals surface area (Å²) in [7, 11) is 0. The van der Waals surface area contributed by atoms with E-state index >= 15 is 0 Å². The summed E-state index contributed by atoms with van der Waals surface area (Å²) in [5.41, 5.74) is -0.129. The van der Waals surface area contributed by atoms with Gasteiger partial charge in [0.15, 0.2) is 5.96 Å². The Morgan fingerprint density at radius 3 is 2.76 bits per heavy atom. The normalized spacial score (nSPS) is 17.6. The van der Waals surface area contributed by atoms with Crippen molar-refractivity contribution in [3.63, 3.8) is 0 Å². The van der Waals surface area contributed by atoms with Crippen LogP contribution in [-0.2, 0) is 12.1 Å². The Kier molecular flexibility index (Phi) is 7.52. The van der Waals surface area contributed by atoms with Gasteiger partial charge in [-0.25, -0.2) is 9.98 Å². The molecule has 2 aromatic heterocycles. The summed E-state index contributed by atoms with van der Waals surface area (Å²) in [6, 6.07) is 7.44. The van der Waals surface area contributed by atoms with Crippen LogP contribution in [0.25, 0.3) is 0 Å². The lowest BCUT2D eigenvalue weighted by molar-refractivity contribution is 0.0386. The average molecular weight is 401 g/mol. The topological polar surface area (TPSA) is 91.9 Å². The number of nitrogens with one attached hydrogen (secondary N) is 2. The average Bonchev–Trinajstić information content (AvgIpc) is 3.28. The van der Waals surface area contributed by atoms with Crippen molar-refractivity contribution in [1.29, 1.82) is 0 Å². The minimum absolute atomic E-state index is 0.277. The zero-order valence-electron chi connectivity index (χ0n) is 17.4. The van der Waals surface area contributed by atoms with Crippen molar-refractivity contribution in [3.05, 3.63) is 48.0 Å². The molecule has 0 radical (unpaired) electrons. The fourth-order valence-corrected chi connectivity index (χ4v) is 3.37. The molecule has 29 heavy (non-hydrogen) atoms. The third-order valence-electron chi connectivity index (χ3n) is 5.05. The molecule has 0 aromatic carbocycles. The Morgan fingerprint density at radius 2 is 2.10 bits per heavy atom. The van der Waals surface area contributed by atoms with Crippen LogP contribution in [0.5, 0.6) is 5.88 Å². The first kappa shape index (κ1) is 21.2. The molecular weight excluding hydrogens is 368 g/mol. The van der Waals surface area contributed by atoms with Crippen LogP contribution in [0.2, 0.25) is 0 Å². The second-order valence-corrected chi connectivity index (χ2v) is 7.68. The van der Waals surface area contributed by atoms with Crippen LogP contribution in [0, 0.1) is 0 Å². The van der Waals surface area contributed by atoms with Gasteiger partial charge in [-0.05, 0) is 57.2 Å². The van der Waals surface area contributed by atoms with Crippen LogP contribution in [0.3, 0.4) is 0 Å². The molecule has 0 spiro atoms. The van der Waals surface area contributed by atoms with Gasteiger partial charge in [0.1, 0.15) is 17.5 Å². The standard InChI is InChI=1S/C22H32N4O3/c1-3-23-21(26-16-22(2,27)19-10-7-13-28-19)25-15-17-11-12-20(24-14-17)29-18-8-5-4-6-9-18/h7,10-14,18,27H,3-6,8-9,15-16H2,1-2H3,(H2,23,25,26). The molecule has 0 bridgehead atoms. The van der Waals surface area contributed by atoms with E-state index in [1.165, 1.54) is 19.3 Å². The van der Waals surface area contributed by atoms with Gasteiger partial charge < -0.3 is 24.9 Å². The molecule has 7 heteroatoms. The number of aliphatic imine (C=N–C) groups is 1. The maximum Gasteiger partial charge on any atom is 0.213 e. The number of nitrogens with zero attached hydrogens (tertiary/aromatic N) is 2. The summed E-state index contributed by atoms with van der Waals surface area (Å²) < 4.78 is 11.3. The number of hydrogen-bond acceptors (Lipinski definition) is 5. The lowest BCUT2D eigenvalue weighted by atomic mass is 9.98. The highest BCUT2D eigenvalue weighted by Crippen LogP contribution is 2.22. The molecule has 2 aromatic rings. The minimum Gasteiger partial charge on any atom is -0.474 e. The van der Waals surface area contributed by atoms with Crippen LogP contribution >= 0.6 is 0 Å². The summed E-state index contributed by atoms with van der Waals surface area (Å²) in [5, 5.41) is 16.9. The molecule has 3 N–H and O–H groups in total. The molecule has 0 aliphatic heterocycles. The first-order chi connectivity index (χ1) is 14.1. The number of hydrogen-bond donors (Lipinski definition) is 3. The number of rotatable bonds is 8. The fraction of sp³-hybridized carbons (Fsp3) is 0.545. The van der Waals surface area contributed by atoms with E-state index in [1.807, 2.05) is 25.3 Å². The number of aliphatic hydroxyl groups is 1. The largest absolute Gasteiger partial charge is 0.474 e. The first-order valence-corrected chi connectivity index (χ1v) is 10.5. The molecule has 1 unspecified atom stereocenters. The maximum atomic E-state index is 10.6. The van der Waals surface area contributed by atoms with Gasteiger partial charge in [-0.1, -0.05) is 12.5 Å². The molecule has 0 saturated heterocycles. The Labute approximate surface area is 172 Å². The highest BCUT2D eigenvalue weighted by atomic mass is 16.5. The third kappa shape index (κ3) is 6.49. The van der Waals surface area contributed by atoms with Crippen molar-refractivity contribution < 1.29 is 14.3 Å². The molecule has 1 aliphatic rings. The van der Waals surface area contributed by atoms with E-state index in [9.17, 15) is 5.11 Å². The van der Waals surface area contributed by atoms with Crippen molar-refractivity contribution in [2.24, 2.45) is 4.99 Å². The summed E-state index contributed by atoms with van der Waals surface area (Å²) in [4.78, 5) is 9.02. The van der Waals surface area contributed by atoms with Gasteiger partial charge in [0.2, 0.25) is 5.88 Å². The SMILES string of the molecule is CCNC(=NCc1ccc(OC2CCCCC2)nc1)NCC(C)(O)c1ccco1. The van der Waals surface area contributed by atoms with Crippen LogP contribution in [-0.4, -0.2) is 35.2 Å². The van der Waals surface area contributed by atoms with E-state index in [2.05, 4.69) is 20.6 Å². The van der Waals surface area contributed by atoms with Gasteiger partial charge >= 0.3 is 0 Å². The van der Waals surface area contributed by atoms with E-state index in [4.69, 9.17) is 9.15 Å². The summed E-state index contributed by atoms with van der Waals surface area (Å²) in [6.07, 6.45) is 9.69. The molecule has 1 fully saturated rings. The fourth-order valence-electron chi connectivity index (χ4n) is 3.37. The van der Waals surface area contributed by atoms with E-state index in [-0.39, 0.29) is 6.54 Å². The zero-order chi connectivity index (χ0) is 20.5. The van der Waals surface area contributed by atoms with Crippen molar-refractivity contribution >= 4 is 5.96 Å². The third-order valence-corrected chi connectivity index (χ3v) is 5.05. The summed E-state index contributed by atoms with van der Waals surface area (Å²) >= 11 is 0. The van der Waals surface area contributed by atoms with Gasteiger partial charge in [-0.3, -0.25) is 0 Å². The number of furan rings is 1. The predicted molar refractivity (Wildman–Crippen MR) is 113 cm³/mol. The molecule has 158 valence electrons. The second-order valence-electron chi connectivity index (χ2n) is 7.68. The molecule has 1 atom stereocenters. The summed E-state index contributed by atoms with van der Waals surface area (Å²) in [5.74, 6) is 1.82. The minimum atomic E-state index is -1.13. The van der Waals surface area contributed by atoms with E-state index < -0.39 is 5.60 Å². The van der Waals surface area contributed by atoms with Crippen LogP contribution < -0.4 is 15.4 Å². The van der Waals surface area contributed by atoms with Crippen LogP contribution in [0.1, 0.15) is 57.3 Å². The molecule has 7 nitrogen and oxygen atoms in total. The molecule has 1 aliphatic carbocycles. The number of guanidine groups is 1. The molecule has 2 heterocycles. The van der Waals surface area contributed by atoms with Gasteiger partial charge in [-0.2, -0.15) is 0 Å². The van der Waals surface area contributed by atoms with Gasteiger partial charge in [0.25, 0.3) is 0 Å². The van der Waals surface area contributed by atoms with Crippen LogP contribution in [0.4, 0.5) is 0 Å². The van der Waals surface area contributed by atoms with E-state index in [0.717, 1.165) is 24.9 Å². The Hall–Kier alpha value is -2.54.